The van der Waals surface area contributed by atoms with Crippen LogP contribution in [0.1, 0.15) is 16.1 Å². The van der Waals surface area contributed by atoms with E-state index < -0.39 is 12.1 Å². The smallest absolute Gasteiger partial charge is 0.412 e. The molecule has 0 unspecified atom stereocenters. The van der Waals surface area contributed by atoms with E-state index in [1.807, 2.05) is 18.2 Å². The molecule has 1 heterocycles. The van der Waals surface area contributed by atoms with Gasteiger partial charge in [0.2, 0.25) is 0 Å². The van der Waals surface area contributed by atoms with Crippen molar-refractivity contribution in [2.45, 2.75) is 6.61 Å². The Morgan fingerprint density at radius 2 is 1.70 bits per heavy atom. The van der Waals surface area contributed by atoms with Gasteiger partial charge in [-0.15, -0.1) is 0 Å². The Balaban J connectivity index is 1.48. The third-order valence-corrected chi connectivity index (χ3v) is 4.49. The summed E-state index contributed by atoms with van der Waals surface area (Å²) in [6.45, 7) is -0.101. The molecule has 1 aromatic heterocycles. The number of nitrogens with one attached hydrogen (secondary N) is 1. The lowest BCUT2D eigenvalue weighted by Crippen LogP contribution is -2.16. The molecule has 0 radical (unpaired) electrons. The fourth-order valence-corrected chi connectivity index (χ4v) is 3.04. The number of carboxylic acid groups (broad SMARTS) is 1. The second-order valence-electron chi connectivity index (χ2n) is 6.52. The zero-order valence-electron chi connectivity index (χ0n) is 15.6. The first-order chi connectivity index (χ1) is 14.5. The molecule has 0 saturated heterocycles. The van der Waals surface area contributed by atoms with Crippen molar-refractivity contribution in [2.75, 3.05) is 5.32 Å². The van der Waals surface area contributed by atoms with Crippen molar-refractivity contribution in [1.29, 1.82) is 0 Å². The van der Waals surface area contributed by atoms with Crippen molar-refractivity contribution in [3.63, 3.8) is 0 Å². The van der Waals surface area contributed by atoms with Crippen LogP contribution in [0.2, 0.25) is 0 Å². The number of ether oxygens (including phenoxy) is 1. The van der Waals surface area contributed by atoms with Gasteiger partial charge in [0.05, 0.1) is 11.3 Å². The molecule has 0 atom stereocenters. The maximum absolute atomic E-state index is 13.1. The largest absolute Gasteiger partial charge is 0.478 e. The summed E-state index contributed by atoms with van der Waals surface area (Å²) in [7, 11) is 0. The number of fused-ring (bicyclic) bond motifs is 1. The van der Waals surface area contributed by atoms with Crippen LogP contribution in [0.4, 0.5) is 14.9 Å². The van der Waals surface area contributed by atoms with E-state index in [4.69, 9.17) is 9.15 Å². The minimum atomic E-state index is -1.22. The number of carbonyl (C=O) groups excluding carboxylic acids is 1. The number of rotatable bonds is 5. The van der Waals surface area contributed by atoms with E-state index in [0.717, 1.165) is 5.39 Å². The molecule has 6 nitrogen and oxygen atoms in total. The van der Waals surface area contributed by atoms with Crippen molar-refractivity contribution in [2.24, 2.45) is 0 Å². The van der Waals surface area contributed by atoms with Crippen LogP contribution in [0.25, 0.3) is 22.1 Å². The summed E-state index contributed by atoms with van der Waals surface area (Å²) in [4.78, 5) is 23.8. The SMILES string of the molecule is O=C(Nc1ccc(-c2ccc(F)cc2)cc1C(=O)O)OCc1cc2ccccc2o1. The van der Waals surface area contributed by atoms with Gasteiger partial charge in [-0.05, 0) is 47.5 Å². The second kappa shape index (κ2) is 8.08. The monoisotopic (exact) mass is 405 g/mol. The first-order valence-electron chi connectivity index (χ1n) is 9.04. The van der Waals surface area contributed by atoms with E-state index >= 15 is 0 Å². The van der Waals surface area contributed by atoms with Gasteiger partial charge in [0.15, 0.2) is 6.61 Å². The van der Waals surface area contributed by atoms with Gasteiger partial charge < -0.3 is 14.3 Å². The fraction of sp³-hybridized carbons (Fsp3) is 0.0435. The molecule has 0 bridgehead atoms. The van der Waals surface area contributed by atoms with E-state index in [-0.39, 0.29) is 23.7 Å². The topological polar surface area (TPSA) is 88.8 Å². The van der Waals surface area contributed by atoms with E-state index in [2.05, 4.69) is 5.32 Å². The molecule has 3 aromatic carbocycles. The molecule has 2 N–H and O–H groups in total. The molecule has 0 spiro atoms. The average Bonchev–Trinajstić information content (AvgIpc) is 3.16. The zero-order chi connectivity index (χ0) is 21.1. The standard InChI is InChI=1S/C23H16FNO5/c24-17-8-5-14(6-9-17)15-7-10-20(19(12-15)22(26)27)25-23(28)29-13-18-11-16-3-1-2-4-21(16)30-18/h1-12H,13H2,(H,25,28)(H,26,27). The number of amides is 1. The molecule has 4 aromatic rings. The van der Waals surface area contributed by atoms with E-state index in [1.54, 1.807) is 30.3 Å². The van der Waals surface area contributed by atoms with Crippen molar-refractivity contribution in [1.82, 2.24) is 0 Å². The van der Waals surface area contributed by atoms with Gasteiger partial charge in [0.25, 0.3) is 0 Å². The fourth-order valence-electron chi connectivity index (χ4n) is 3.04. The molecule has 7 heteroatoms. The molecule has 0 aliphatic carbocycles. The van der Waals surface area contributed by atoms with Gasteiger partial charge in [-0.3, -0.25) is 5.32 Å². The first kappa shape index (κ1) is 19.2. The lowest BCUT2D eigenvalue weighted by molar-refractivity contribution is 0.0698. The summed E-state index contributed by atoms with van der Waals surface area (Å²) in [5, 5.41) is 12.8. The summed E-state index contributed by atoms with van der Waals surface area (Å²) in [6, 6.07) is 19.3. The Kier molecular flexibility index (Phi) is 5.17. The Bertz CT molecular complexity index is 1200. The summed E-state index contributed by atoms with van der Waals surface area (Å²) in [5.74, 6) is -1.13. The van der Waals surface area contributed by atoms with Crippen molar-refractivity contribution < 1.29 is 28.2 Å². The van der Waals surface area contributed by atoms with Gasteiger partial charge in [-0.2, -0.15) is 0 Å². The normalized spacial score (nSPS) is 10.7. The van der Waals surface area contributed by atoms with E-state index in [9.17, 15) is 19.1 Å². The highest BCUT2D eigenvalue weighted by Gasteiger charge is 2.15. The summed E-state index contributed by atoms with van der Waals surface area (Å²) >= 11 is 0. The average molecular weight is 405 g/mol. The van der Waals surface area contributed by atoms with Crippen LogP contribution in [-0.2, 0) is 11.3 Å². The van der Waals surface area contributed by atoms with Crippen LogP contribution in [0.3, 0.4) is 0 Å². The van der Waals surface area contributed by atoms with Crippen LogP contribution in [0.15, 0.2) is 77.2 Å². The first-order valence-corrected chi connectivity index (χ1v) is 9.04. The maximum Gasteiger partial charge on any atom is 0.412 e. The van der Waals surface area contributed by atoms with Crippen LogP contribution in [0.5, 0.6) is 0 Å². The van der Waals surface area contributed by atoms with Gasteiger partial charge in [-0.1, -0.05) is 36.4 Å². The van der Waals surface area contributed by atoms with Gasteiger partial charge in [0.1, 0.15) is 17.2 Å². The number of aromatic carboxylic acids is 1. The second-order valence-corrected chi connectivity index (χ2v) is 6.52. The zero-order valence-corrected chi connectivity index (χ0v) is 15.6. The predicted molar refractivity (Wildman–Crippen MR) is 109 cm³/mol. The lowest BCUT2D eigenvalue weighted by atomic mass is 10.0. The van der Waals surface area contributed by atoms with E-state index in [1.165, 1.54) is 24.3 Å². The summed E-state index contributed by atoms with van der Waals surface area (Å²) in [5.41, 5.74) is 1.88. The molecule has 30 heavy (non-hydrogen) atoms. The summed E-state index contributed by atoms with van der Waals surface area (Å²) < 4.78 is 23.8. The van der Waals surface area contributed by atoms with Crippen LogP contribution >= 0.6 is 0 Å². The van der Waals surface area contributed by atoms with Gasteiger partial charge in [0, 0.05) is 5.39 Å². The predicted octanol–water partition coefficient (Wildman–Crippen LogP) is 5.69. The number of hydrogen-bond acceptors (Lipinski definition) is 4. The Morgan fingerprint density at radius 1 is 0.967 bits per heavy atom. The van der Waals surface area contributed by atoms with Crippen LogP contribution < -0.4 is 5.32 Å². The van der Waals surface area contributed by atoms with Crippen LogP contribution in [0, 0.1) is 5.82 Å². The highest BCUT2D eigenvalue weighted by Crippen LogP contribution is 2.26. The number of anilines is 1. The number of para-hydroxylation sites is 1. The number of furan rings is 1. The number of halogens is 1. The Morgan fingerprint density at radius 3 is 2.43 bits per heavy atom. The molecule has 0 fully saturated rings. The molecular weight excluding hydrogens is 389 g/mol. The highest BCUT2D eigenvalue weighted by molar-refractivity contribution is 6.00. The highest BCUT2D eigenvalue weighted by atomic mass is 19.1. The Labute approximate surface area is 170 Å². The van der Waals surface area contributed by atoms with Gasteiger partial charge in [-0.25, -0.2) is 14.0 Å². The van der Waals surface area contributed by atoms with Crippen molar-refractivity contribution >= 4 is 28.7 Å². The third kappa shape index (κ3) is 4.15. The lowest BCUT2D eigenvalue weighted by Gasteiger charge is -2.11. The number of hydrogen-bond donors (Lipinski definition) is 2. The Hall–Kier alpha value is -4.13. The number of carboxylic acids is 1. The van der Waals surface area contributed by atoms with Crippen molar-refractivity contribution in [3.05, 3.63) is 89.9 Å². The van der Waals surface area contributed by atoms with E-state index in [0.29, 0.717) is 22.5 Å². The maximum atomic E-state index is 13.1. The molecule has 0 aliphatic heterocycles. The molecular formula is C23H16FNO5. The summed E-state index contributed by atoms with van der Waals surface area (Å²) in [6.07, 6.45) is -0.813. The molecule has 0 aliphatic rings. The number of carbonyl (C=O) groups is 2. The molecule has 150 valence electrons. The minimum Gasteiger partial charge on any atom is -0.478 e. The number of benzene rings is 3. The van der Waals surface area contributed by atoms with Gasteiger partial charge >= 0.3 is 12.1 Å². The quantitative estimate of drug-likeness (QED) is 0.446. The molecule has 0 saturated carbocycles. The van der Waals surface area contributed by atoms with Crippen molar-refractivity contribution in [3.8, 4) is 11.1 Å². The molecule has 4 rings (SSSR count). The molecule has 1 amide bonds. The van der Waals surface area contributed by atoms with Crippen LogP contribution in [-0.4, -0.2) is 17.2 Å². The third-order valence-electron chi connectivity index (χ3n) is 4.49. The minimum absolute atomic E-state index is 0.0861.